The lowest BCUT2D eigenvalue weighted by atomic mass is 10.1. The van der Waals surface area contributed by atoms with Crippen molar-refractivity contribution in [1.82, 2.24) is 5.32 Å². The van der Waals surface area contributed by atoms with Crippen LogP contribution in [-0.2, 0) is 0 Å². The molecular formula is C15H22N2O. The number of rotatable bonds is 2. The number of benzene rings is 1. The summed E-state index contributed by atoms with van der Waals surface area (Å²) in [5, 5.41) is 3.48. The molecule has 1 N–H and O–H groups in total. The summed E-state index contributed by atoms with van der Waals surface area (Å²) in [6.07, 6.45) is 0. The van der Waals surface area contributed by atoms with E-state index in [0.29, 0.717) is 12.0 Å². The van der Waals surface area contributed by atoms with Gasteiger partial charge >= 0.3 is 0 Å². The maximum Gasteiger partial charge on any atom is 0.159 e. The summed E-state index contributed by atoms with van der Waals surface area (Å²) in [6, 6.07) is 8.42. The third-order valence-electron chi connectivity index (χ3n) is 3.56. The number of hydrogen-bond acceptors (Lipinski definition) is 3. The highest BCUT2D eigenvalue weighted by Gasteiger charge is 2.21. The van der Waals surface area contributed by atoms with Gasteiger partial charge in [0.05, 0.1) is 0 Å². The number of nitrogens with one attached hydrogen (secondary N) is 1. The van der Waals surface area contributed by atoms with Crippen LogP contribution in [0.25, 0.3) is 0 Å². The second kappa shape index (κ2) is 5.53. The van der Waals surface area contributed by atoms with E-state index in [1.807, 2.05) is 18.2 Å². The van der Waals surface area contributed by atoms with Gasteiger partial charge < -0.3 is 10.2 Å². The van der Waals surface area contributed by atoms with Gasteiger partial charge in [0, 0.05) is 30.4 Å². The number of ketones is 1. The zero-order chi connectivity index (χ0) is 13.1. The SMILES string of the molecule is CC(=O)c1cccc(N2CC(C)CNCC2C)c1. The Bertz CT molecular complexity index is 430. The molecule has 2 unspecified atom stereocenters. The van der Waals surface area contributed by atoms with Crippen molar-refractivity contribution in [3.8, 4) is 0 Å². The Hall–Kier alpha value is -1.35. The minimum Gasteiger partial charge on any atom is -0.367 e. The third-order valence-corrected chi connectivity index (χ3v) is 3.56. The van der Waals surface area contributed by atoms with Crippen molar-refractivity contribution in [3.63, 3.8) is 0 Å². The van der Waals surface area contributed by atoms with Crippen LogP contribution in [-0.4, -0.2) is 31.5 Å². The maximum atomic E-state index is 11.5. The molecule has 0 saturated carbocycles. The van der Waals surface area contributed by atoms with Crippen molar-refractivity contribution in [2.24, 2.45) is 5.92 Å². The average Bonchev–Trinajstić information content (AvgIpc) is 2.51. The first-order valence-electron chi connectivity index (χ1n) is 6.66. The first-order valence-corrected chi connectivity index (χ1v) is 6.66. The average molecular weight is 246 g/mol. The van der Waals surface area contributed by atoms with E-state index in [-0.39, 0.29) is 5.78 Å². The lowest BCUT2D eigenvalue weighted by molar-refractivity contribution is 0.101. The molecule has 0 radical (unpaired) electrons. The molecule has 98 valence electrons. The monoisotopic (exact) mass is 246 g/mol. The maximum absolute atomic E-state index is 11.5. The molecule has 0 aromatic heterocycles. The predicted octanol–water partition coefficient (Wildman–Crippen LogP) is 2.32. The normalized spacial score (nSPS) is 24.7. The molecule has 1 aromatic rings. The Morgan fingerprint density at radius 3 is 2.83 bits per heavy atom. The van der Waals surface area contributed by atoms with E-state index in [9.17, 15) is 4.79 Å². The van der Waals surface area contributed by atoms with Crippen molar-refractivity contribution >= 4 is 11.5 Å². The highest BCUT2D eigenvalue weighted by molar-refractivity contribution is 5.95. The largest absolute Gasteiger partial charge is 0.367 e. The van der Waals surface area contributed by atoms with Gasteiger partial charge in [0.25, 0.3) is 0 Å². The molecular weight excluding hydrogens is 224 g/mol. The molecule has 3 nitrogen and oxygen atoms in total. The summed E-state index contributed by atoms with van der Waals surface area (Å²) in [4.78, 5) is 13.9. The minimum absolute atomic E-state index is 0.130. The number of carbonyl (C=O) groups excluding carboxylic acids is 1. The standard InChI is InChI=1S/C15H22N2O/c1-11-8-16-9-12(2)17(10-11)15-6-4-5-14(7-15)13(3)18/h4-7,11-12,16H,8-10H2,1-3H3. The summed E-state index contributed by atoms with van der Waals surface area (Å²) in [5.41, 5.74) is 1.95. The van der Waals surface area contributed by atoms with Crippen molar-refractivity contribution in [2.45, 2.75) is 26.8 Å². The van der Waals surface area contributed by atoms with Crippen molar-refractivity contribution in [3.05, 3.63) is 29.8 Å². The Morgan fingerprint density at radius 2 is 2.11 bits per heavy atom. The number of nitrogens with zero attached hydrogens (tertiary/aromatic N) is 1. The van der Waals surface area contributed by atoms with Gasteiger partial charge in [-0.3, -0.25) is 4.79 Å². The van der Waals surface area contributed by atoms with Gasteiger partial charge in [-0.2, -0.15) is 0 Å². The molecule has 2 atom stereocenters. The van der Waals surface area contributed by atoms with E-state index in [1.165, 1.54) is 0 Å². The van der Waals surface area contributed by atoms with Gasteiger partial charge in [0.2, 0.25) is 0 Å². The Balaban J connectivity index is 2.27. The van der Waals surface area contributed by atoms with Gasteiger partial charge in [-0.1, -0.05) is 19.1 Å². The van der Waals surface area contributed by atoms with Gasteiger partial charge in [0.1, 0.15) is 0 Å². The molecule has 2 rings (SSSR count). The van der Waals surface area contributed by atoms with Crippen LogP contribution < -0.4 is 10.2 Å². The molecule has 1 saturated heterocycles. The quantitative estimate of drug-likeness (QED) is 0.813. The van der Waals surface area contributed by atoms with Crippen LogP contribution in [0, 0.1) is 5.92 Å². The van der Waals surface area contributed by atoms with E-state index in [1.54, 1.807) is 6.92 Å². The molecule has 1 fully saturated rings. The first-order chi connectivity index (χ1) is 8.58. The van der Waals surface area contributed by atoms with Gasteiger partial charge in [0.15, 0.2) is 5.78 Å². The molecule has 0 amide bonds. The lowest BCUT2D eigenvalue weighted by Gasteiger charge is -2.30. The fourth-order valence-electron chi connectivity index (χ4n) is 2.49. The fraction of sp³-hybridized carbons (Fsp3) is 0.533. The van der Waals surface area contributed by atoms with E-state index in [2.05, 4.69) is 30.1 Å². The minimum atomic E-state index is 0.130. The zero-order valence-corrected chi connectivity index (χ0v) is 11.4. The number of carbonyl (C=O) groups is 1. The zero-order valence-electron chi connectivity index (χ0n) is 11.4. The molecule has 0 aliphatic carbocycles. The van der Waals surface area contributed by atoms with E-state index in [0.717, 1.165) is 30.9 Å². The van der Waals surface area contributed by atoms with E-state index >= 15 is 0 Å². The molecule has 1 aliphatic heterocycles. The highest BCUT2D eigenvalue weighted by Crippen LogP contribution is 2.21. The fourth-order valence-corrected chi connectivity index (χ4v) is 2.49. The van der Waals surface area contributed by atoms with E-state index < -0.39 is 0 Å². The van der Waals surface area contributed by atoms with Crippen LogP contribution in [0.5, 0.6) is 0 Å². The summed E-state index contributed by atoms with van der Waals surface area (Å²) in [7, 11) is 0. The summed E-state index contributed by atoms with van der Waals surface area (Å²) in [6.45, 7) is 9.20. The molecule has 0 spiro atoms. The summed E-state index contributed by atoms with van der Waals surface area (Å²) in [5.74, 6) is 0.751. The lowest BCUT2D eigenvalue weighted by Crippen LogP contribution is -2.38. The van der Waals surface area contributed by atoms with Crippen LogP contribution in [0.1, 0.15) is 31.1 Å². The van der Waals surface area contributed by atoms with Gasteiger partial charge in [-0.15, -0.1) is 0 Å². The second-order valence-electron chi connectivity index (χ2n) is 5.37. The van der Waals surface area contributed by atoms with Crippen LogP contribution in [0.3, 0.4) is 0 Å². The second-order valence-corrected chi connectivity index (χ2v) is 5.37. The Kier molecular flexibility index (Phi) is 4.02. The van der Waals surface area contributed by atoms with Crippen molar-refractivity contribution in [1.29, 1.82) is 0 Å². The molecule has 1 aliphatic rings. The first kappa shape index (κ1) is 13.1. The third kappa shape index (κ3) is 2.91. The van der Waals surface area contributed by atoms with E-state index in [4.69, 9.17) is 0 Å². The van der Waals surface area contributed by atoms with Gasteiger partial charge in [-0.05, 0) is 38.4 Å². The molecule has 18 heavy (non-hydrogen) atoms. The van der Waals surface area contributed by atoms with Crippen molar-refractivity contribution < 1.29 is 4.79 Å². The Labute approximate surface area is 109 Å². The highest BCUT2D eigenvalue weighted by atomic mass is 16.1. The van der Waals surface area contributed by atoms with Crippen LogP contribution >= 0.6 is 0 Å². The topological polar surface area (TPSA) is 32.3 Å². The molecule has 3 heteroatoms. The predicted molar refractivity (Wildman–Crippen MR) is 75.3 cm³/mol. The molecule has 1 heterocycles. The van der Waals surface area contributed by atoms with Crippen LogP contribution in [0.15, 0.2) is 24.3 Å². The molecule has 1 aromatic carbocycles. The smallest absolute Gasteiger partial charge is 0.159 e. The number of Topliss-reactive ketones (excluding diaryl/α,β-unsaturated/α-hetero) is 1. The van der Waals surface area contributed by atoms with Gasteiger partial charge in [-0.25, -0.2) is 0 Å². The number of anilines is 1. The summed E-state index contributed by atoms with van der Waals surface area (Å²) >= 11 is 0. The summed E-state index contributed by atoms with van der Waals surface area (Å²) < 4.78 is 0. The Morgan fingerprint density at radius 1 is 1.33 bits per heavy atom. The van der Waals surface area contributed by atoms with Crippen LogP contribution in [0.4, 0.5) is 5.69 Å². The number of hydrogen-bond donors (Lipinski definition) is 1. The van der Waals surface area contributed by atoms with Crippen molar-refractivity contribution in [2.75, 3.05) is 24.5 Å². The molecule has 0 bridgehead atoms. The van der Waals surface area contributed by atoms with Crippen LogP contribution in [0.2, 0.25) is 0 Å².